The fourth-order valence-electron chi connectivity index (χ4n) is 2.14. The van der Waals surface area contributed by atoms with Crippen LogP contribution in [0.5, 0.6) is 0 Å². The summed E-state index contributed by atoms with van der Waals surface area (Å²) in [6, 6.07) is 29.3. The van der Waals surface area contributed by atoms with E-state index >= 15 is 0 Å². The van der Waals surface area contributed by atoms with Crippen molar-refractivity contribution in [1.29, 1.82) is 0 Å². The fourth-order valence-corrected chi connectivity index (χ4v) is 2.14. The summed E-state index contributed by atoms with van der Waals surface area (Å²) in [4.78, 5) is 0. The molecule has 0 nitrogen and oxygen atoms in total. The van der Waals surface area contributed by atoms with Crippen molar-refractivity contribution in [3.63, 3.8) is 0 Å². The Bertz CT molecular complexity index is 658. The topological polar surface area (TPSA) is 0 Å². The molecule has 4 aromatic carbocycles. The molecule has 4 aromatic rings. The second-order valence-corrected chi connectivity index (χ2v) is 7.31. The Hall–Kier alpha value is -1.02. The third kappa shape index (κ3) is 9.30. The van der Waals surface area contributed by atoms with Crippen LogP contribution >= 0.6 is 0 Å². The zero-order chi connectivity index (χ0) is 17.6. The Morgan fingerprint density at radius 3 is 1.20 bits per heavy atom. The van der Waals surface area contributed by atoms with Gasteiger partial charge in [-0.15, -0.1) is 59.3 Å². The first-order valence-corrected chi connectivity index (χ1v) is 12.1. The van der Waals surface area contributed by atoms with Gasteiger partial charge in [0, 0.05) is 19.0 Å². The number of benzene rings is 2. The Morgan fingerprint density at radius 2 is 0.880 bits per heavy atom. The maximum atomic E-state index is 2.15. The summed E-state index contributed by atoms with van der Waals surface area (Å²) in [7, 11) is 2.17. The molecule has 0 saturated heterocycles. The standard InChI is InChI=1S/2C9H7.2C2H6Si.Zr/c2*1-2-5-9-7-3-6-8(9)4-1;2*1-3-2;/h2*1-7H;2*1-2H3;/q2*-1;;;+2. The Kier molecular flexibility index (Phi) is 14.6. The van der Waals surface area contributed by atoms with Crippen molar-refractivity contribution >= 4 is 40.6 Å². The molecule has 0 spiro atoms. The molecule has 0 heterocycles. The van der Waals surface area contributed by atoms with Crippen molar-refractivity contribution in [2.45, 2.75) is 26.2 Å². The average Bonchev–Trinajstić information content (AvgIpc) is 3.26. The summed E-state index contributed by atoms with van der Waals surface area (Å²) < 4.78 is 0. The molecule has 0 N–H and O–H groups in total. The monoisotopic (exact) mass is 436 g/mol. The zero-order valence-corrected chi connectivity index (χ0v) is 20.0. The van der Waals surface area contributed by atoms with Crippen molar-refractivity contribution in [3.8, 4) is 0 Å². The van der Waals surface area contributed by atoms with Crippen LogP contribution in [0.15, 0.2) is 84.9 Å². The molecule has 25 heavy (non-hydrogen) atoms. The van der Waals surface area contributed by atoms with Crippen LogP contribution in [-0.4, -0.2) is 19.0 Å². The quantitative estimate of drug-likeness (QED) is 0.212. The van der Waals surface area contributed by atoms with Gasteiger partial charge >= 0.3 is 26.2 Å². The predicted octanol–water partition coefficient (Wildman–Crippen LogP) is 6.69. The number of hydrogen-bond donors (Lipinski definition) is 0. The molecular weight excluding hydrogens is 412 g/mol. The Morgan fingerprint density at radius 1 is 0.560 bits per heavy atom. The van der Waals surface area contributed by atoms with Crippen LogP contribution in [0.1, 0.15) is 0 Å². The number of hydrogen-bond acceptors (Lipinski definition) is 0. The predicted molar refractivity (Wildman–Crippen MR) is 114 cm³/mol. The van der Waals surface area contributed by atoms with Crippen LogP contribution in [0.25, 0.3) is 21.5 Å². The molecule has 0 saturated carbocycles. The first-order chi connectivity index (χ1) is 11.8. The van der Waals surface area contributed by atoms with Crippen molar-refractivity contribution in [2.24, 2.45) is 0 Å². The minimum absolute atomic E-state index is 0. The van der Waals surface area contributed by atoms with Gasteiger partial charge in [-0.1, -0.05) is 38.3 Å². The zero-order valence-electron chi connectivity index (χ0n) is 15.6. The molecule has 0 bridgehead atoms. The minimum atomic E-state index is 0. The number of fused-ring (bicyclic) bond motifs is 2. The van der Waals surface area contributed by atoms with E-state index in [0.717, 1.165) is 19.0 Å². The maximum absolute atomic E-state index is 2.15. The molecule has 0 aliphatic rings. The summed E-state index contributed by atoms with van der Waals surface area (Å²) in [6.45, 7) is 8.61. The summed E-state index contributed by atoms with van der Waals surface area (Å²) >= 11 is 0. The summed E-state index contributed by atoms with van der Waals surface area (Å²) in [5, 5.41) is 5.32. The Labute approximate surface area is 177 Å². The first kappa shape index (κ1) is 24.0. The summed E-state index contributed by atoms with van der Waals surface area (Å²) in [6.07, 6.45) is 0. The summed E-state index contributed by atoms with van der Waals surface area (Å²) in [5.74, 6) is 0. The van der Waals surface area contributed by atoms with Crippen molar-refractivity contribution in [2.75, 3.05) is 0 Å². The van der Waals surface area contributed by atoms with E-state index in [4.69, 9.17) is 0 Å². The third-order valence-corrected chi connectivity index (χ3v) is 3.10. The number of rotatable bonds is 0. The van der Waals surface area contributed by atoms with Gasteiger partial charge in [0.2, 0.25) is 0 Å². The molecule has 0 aromatic heterocycles. The van der Waals surface area contributed by atoms with Crippen molar-refractivity contribution in [1.82, 2.24) is 0 Å². The van der Waals surface area contributed by atoms with E-state index in [1.54, 1.807) is 0 Å². The first-order valence-electron chi connectivity index (χ1n) is 8.14. The fraction of sp³-hybridized carbons (Fsp3) is 0.182. The molecular formula is C22H26Si2Zr. The SMILES string of the molecule is C[Si]C.C[Si]C.[Zr+2].c1ccc2[cH-]ccc2c1.c1ccc2[cH-]ccc2c1. The average molecular weight is 438 g/mol. The summed E-state index contributed by atoms with van der Waals surface area (Å²) in [5.41, 5.74) is 0. The minimum Gasteiger partial charge on any atom is -0.168 e. The largest absolute Gasteiger partial charge is 2.00 e. The van der Waals surface area contributed by atoms with E-state index in [1.807, 2.05) is 0 Å². The van der Waals surface area contributed by atoms with Crippen molar-refractivity contribution < 1.29 is 26.2 Å². The van der Waals surface area contributed by atoms with E-state index in [-0.39, 0.29) is 26.2 Å². The molecule has 0 fully saturated rings. The van der Waals surface area contributed by atoms with Gasteiger partial charge in [0.25, 0.3) is 0 Å². The van der Waals surface area contributed by atoms with Crippen LogP contribution in [-0.2, 0) is 26.2 Å². The van der Waals surface area contributed by atoms with Gasteiger partial charge in [-0.05, 0) is 0 Å². The van der Waals surface area contributed by atoms with Gasteiger partial charge in [0.15, 0.2) is 0 Å². The molecule has 0 unspecified atom stereocenters. The molecule has 0 atom stereocenters. The van der Waals surface area contributed by atoms with Crippen LogP contribution < -0.4 is 0 Å². The molecule has 0 amide bonds. The van der Waals surface area contributed by atoms with E-state index < -0.39 is 0 Å². The van der Waals surface area contributed by atoms with Gasteiger partial charge < -0.3 is 0 Å². The van der Waals surface area contributed by atoms with Gasteiger partial charge in [-0.3, -0.25) is 0 Å². The molecule has 3 heteroatoms. The van der Waals surface area contributed by atoms with Crippen LogP contribution in [0.2, 0.25) is 26.2 Å². The van der Waals surface area contributed by atoms with Gasteiger partial charge in [0.05, 0.1) is 0 Å². The van der Waals surface area contributed by atoms with Crippen molar-refractivity contribution in [3.05, 3.63) is 84.9 Å². The second-order valence-electron chi connectivity index (χ2n) is 5.31. The third-order valence-electron chi connectivity index (χ3n) is 3.10. The van der Waals surface area contributed by atoms with Gasteiger partial charge in [-0.25, -0.2) is 0 Å². The molecule has 126 valence electrons. The maximum Gasteiger partial charge on any atom is 2.00 e. The van der Waals surface area contributed by atoms with Crippen LogP contribution in [0.4, 0.5) is 0 Å². The normalized spacial score (nSPS) is 8.80. The van der Waals surface area contributed by atoms with E-state index in [1.165, 1.54) is 21.5 Å². The molecule has 4 radical (unpaired) electrons. The molecule has 4 rings (SSSR count). The molecule has 0 aliphatic carbocycles. The van der Waals surface area contributed by atoms with Gasteiger partial charge in [0.1, 0.15) is 0 Å². The smallest absolute Gasteiger partial charge is 0.168 e. The van der Waals surface area contributed by atoms with Crippen LogP contribution in [0.3, 0.4) is 0 Å². The second kappa shape index (κ2) is 15.2. The van der Waals surface area contributed by atoms with E-state index in [0.29, 0.717) is 0 Å². The molecule has 0 aliphatic heterocycles. The van der Waals surface area contributed by atoms with E-state index in [9.17, 15) is 0 Å². The van der Waals surface area contributed by atoms with E-state index in [2.05, 4.69) is 111 Å². The Balaban J connectivity index is 0.000000344. The van der Waals surface area contributed by atoms with Crippen LogP contribution in [0, 0.1) is 0 Å². The van der Waals surface area contributed by atoms with Gasteiger partial charge in [-0.2, -0.15) is 35.0 Å².